The minimum atomic E-state index is -1.56. The first-order chi connectivity index (χ1) is 40.6. The van der Waals surface area contributed by atoms with Crippen molar-refractivity contribution in [2.45, 2.75) is 184 Å². The van der Waals surface area contributed by atoms with Crippen molar-refractivity contribution in [1.82, 2.24) is 10.2 Å². The molecule has 4 N–H and O–H groups in total. The van der Waals surface area contributed by atoms with E-state index >= 15 is 14.4 Å². The van der Waals surface area contributed by atoms with Gasteiger partial charge in [-0.15, -0.1) is 0 Å². The molecule has 12 fully saturated rings. The molecular weight excluding hydrogens is 1060 g/mol. The van der Waals surface area contributed by atoms with Crippen molar-refractivity contribution in [3.05, 3.63) is 83.0 Å². The second kappa shape index (κ2) is 17.3. The molecule has 9 aliphatic carbocycles. The number of fused-ring (bicyclic) bond motifs is 7. The molecule has 446 valence electrons. The second-order valence-corrected chi connectivity index (χ2v) is 31.7. The van der Waals surface area contributed by atoms with Crippen LogP contribution in [0.5, 0.6) is 0 Å². The first kappa shape index (κ1) is 52.8. The van der Waals surface area contributed by atoms with Gasteiger partial charge in [0.1, 0.15) is 29.7 Å². The molecule has 26 atom stereocenters. The molecule has 18 rings (SSSR count). The molecule has 1 aromatic heterocycles. The molecule has 0 radical (unpaired) electrons. The van der Waals surface area contributed by atoms with Gasteiger partial charge >= 0.3 is 11.9 Å². The summed E-state index contributed by atoms with van der Waals surface area (Å²) in [5.41, 5.74) is -4.97. The number of allylic oxidation sites excluding steroid dienone is 1. The van der Waals surface area contributed by atoms with E-state index in [-0.39, 0.29) is 72.3 Å². The lowest BCUT2D eigenvalue weighted by Crippen LogP contribution is -2.84. The number of aliphatic hydroxyl groups excluding tert-OH is 3. The highest BCUT2D eigenvalue weighted by atomic mass is 16.7. The summed E-state index contributed by atoms with van der Waals surface area (Å²) in [5.74, 6) is 5.76. The van der Waals surface area contributed by atoms with Crippen LogP contribution in [-0.4, -0.2) is 106 Å². The molecule has 6 spiro atoms. The zero-order valence-electron chi connectivity index (χ0n) is 49.6. The van der Waals surface area contributed by atoms with Crippen LogP contribution in [0.25, 0.3) is 0 Å². The summed E-state index contributed by atoms with van der Waals surface area (Å²) >= 11 is 0. The SMILES string of the molecule is CC(C)CC1C=C2CC3CCCC34CC3CC5(C)C67OC(=O)C8OC85C5(C(O)C(=O)C8C1(C)OC21C4C(=O)OCC81C35)C1CC(Cc2ccccc2)CCC1C#CC6CCc1coc(CC(C(O)CO)C2CCC3C(C=CN4CNCC34)C2)c17. The van der Waals surface area contributed by atoms with Crippen molar-refractivity contribution in [1.29, 1.82) is 0 Å². The van der Waals surface area contributed by atoms with Gasteiger partial charge in [0.15, 0.2) is 17.5 Å². The van der Waals surface area contributed by atoms with Crippen molar-refractivity contribution >= 4 is 17.7 Å². The lowest BCUT2D eigenvalue weighted by molar-refractivity contribution is -0.320. The standard InChI is InChI=1S/C71H86N2O11/c1-37(2)23-47-28-48-27-46-11-8-21-66(46)31-44-30-64(3)69-45(18-15-43-34-80-54(55(43)69)29-50(53(75)33-74)41-16-19-49-42(26-41)20-22-73-36-72-32-52(49)73)17-14-40-13-12-39(24-38-9-6-5-7-10-38)25-51(40)68(71(64)61(82-71)63(79)83-69)57(44)67-35-81-62(78)59(66)70(48,67)84-65(47,4)58(67)56(76)60(68)77/h5-7,9-10,20,22,28,34,37,39-42,44-47,49-53,57-61,72,74-75,77H,8,11-13,15-16,18-19,21,23-27,29-33,35-36H2,1-4H3. The highest BCUT2D eigenvalue weighted by molar-refractivity contribution is 5.94. The number of Topliss-reactive ketones (excluding diaryl/α,β-unsaturated/α-hetero) is 1. The van der Waals surface area contributed by atoms with Crippen LogP contribution in [0.4, 0.5) is 0 Å². The van der Waals surface area contributed by atoms with Crippen molar-refractivity contribution in [3.63, 3.8) is 0 Å². The Morgan fingerprint density at radius 2 is 1.81 bits per heavy atom. The Bertz CT molecular complexity index is 3310. The van der Waals surface area contributed by atoms with Gasteiger partial charge in [-0.2, -0.15) is 0 Å². The summed E-state index contributed by atoms with van der Waals surface area (Å²) in [6, 6.07) is 11.2. The lowest BCUT2D eigenvalue weighted by Gasteiger charge is -2.74. The van der Waals surface area contributed by atoms with Crippen LogP contribution >= 0.6 is 0 Å². The first-order valence-electron chi connectivity index (χ1n) is 33.3. The number of ketones is 1. The third-order valence-corrected chi connectivity index (χ3v) is 28.6. The van der Waals surface area contributed by atoms with Gasteiger partial charge < -0.3 is 43.6 Å². The molecule has 9 bridgehead atoms. The summed E-state index contributed by atoms with van der Waals surface area (Å²) < 4.78 is 37.6. The van der Waals surface area contributed by atoms with E-state index in [0.29, 0.717) is 68.1 Å². The van der Waals surface area contributed by atoms with Gasteiger partial charge in [-0.3, -0.25) is 14.9 Å². The lowest BCUT2D eigenvalue weighted by atomic mass is 9.28. The number of ether oxygens (including phenoxy) is 4. The Morgan fingerprint density at radius 1 is 0.952 bits per heavy atom. The number of hydrogen-bond acceptors (Lipinski definition) is 13. The number of cyclic esters (lactones) is 1. The van der Waals surface area contributed by atoms with Gasteiger partial charge in [-0.25, -0.2) is 4.79 Å². The van der Waals surface area contributed by atoms with Crippen LogP contribution in [0.3, 0.4) is 0 Å². The summed E-state index contributed by atoms with van der Waals surface area (Å²) in [6.07, 6.45) is 18.7. The maximum Gasteiger partial charge on any atom is 0.339 e. The van der Waals surface area contributed by atoms with Crippen LogP contribution < -0.4 is 5.32 Å². The fraction of sp³-hybridized carbons (Fsp3) is 0.732. The topological polar surface area (TPSA) is 181 Å². The Balaban J connectivity index is 0.875. The molecule has 1 aromatic carbocycles. The minimum Gasteiger partial charge on any atom is -0.469 e. The number of carbonyl (C=O) groups is 3. The monoisotopic (exact) mass is 1140 g/mol. The fourth-order valence-electron chi connectivity index (χ4n) is 26.4. The van der Waals surface area contributed by atoms with Gasteiger partial charge in [0, 0.05) is 47.2 Å². The van der Waals surface area contributed by atoms with Crippen molar-refractivity contribution < 1.29 is 53.1 Å². The van der Waals surface area contributed by atoms with E-state index in [1.54, 1.807) is 0 Å². The molecule has 7 saturated carbocycles. The molecule has 0 amide bonds. The Morgan fingerprint density at radius 3 is 2.64 bits per heavy atom. The van der Waals surface area contributed by atoms with Crippen molar-refractivity contribution in [2.75, 3.05) is 26.4 Å². The predicted molar refractivity (Wildman–Crippen MR) is 306 cm³/mol. The normalized spacial score (nSPS) is 51.9. The van der Waals surface area contributed by atoms with Gasteiger partial charge in [-0.1, -0.05) is 81.5 Å². The van der Waals surface area contributed by atoms with Crippen LogP contribution in [0, 0.1) is 122 Å². The van der Waals surface area contributed by atoms with Gasteiger partial charge in [0.25, 0.3) is 0 Å². The van der Waals surface area contributed by atoms with E-state index in [2.05, 4.69) is 98.4 Å². The van der Waals surface area contributed by atoms with E-state index in [9.17, 15) is 15.3 Å². The van der Waals surface area contributed by atoms with Gasteiger partial charge in [0.2, 0.25) is 0 Å². The van der Waals surface area contributed by atoms with E-state index in [1.807, 2.05) is 6.26 Å². The number of aryl methyl sites for hydroxylation is 1. The Kier molecular flexibility index (Phi) is 10.9. The van der Waals surface area contributed by atoms with Crippen LogP contribution in [0.15, 0.2) is 64.9 Å². The Labute approximate surface area is 494 Å². The third-order valence-electron chi connectivity index (χ3n) is 28.6. The van der Waals surface area contributed by atoms with Crippen molar-refractivity contribution in [2.24, 2.45) is 110 Å². The highest BCUT2D eigenvalue weighted by Crippen LogP contribution is 2.91. The molecular formula is C71H86N2O11. The molecule has 84 heavy (non-hydrogen) atoms. The average molecular weight is 1140 g/mol. The molecule has 13 nitrogen and oxygen atoms in total. The smallest absolute Gasteiger partial charge is 0.339 e. The molecule has 7 aliphatic heterocycles. The number of aliphatic hydroxyl groups is 3. The summed E-state index contributed by atoms with van der Waals surface area (Å²) in [7, 11) is 0. The number of epoxide rings is 1. The van der Waals surface area contributed by atoms with Gasteiger partial charge in [0.05, 0.1) is 54.4 Å². The zero-order chi connectivity index (χ0) is 57.0. The number of nitrogens with zero attached hydrogens (tertiary/aromatic N) is 1. The molecule has 2 aromatic rings. The second-order valence-electron chi connectivity index (χ2n) is 31.7. The molecule has 26 unspecified atom stereocenters. The summed E-state index contributed by atoms with van der Waals surface area (Å²) in [4.78, 5) is 51.8. The molecule has 8 heterocycles. The predicted octanol–water partition coefficient (Wildman–Crippen LogP) is 8.40. The Hall–Kier alpha value is -4.29. The molecule has 13 heteroatoms. The number of nitrogens with one attached hydrogen (secondary N) is 1. The van der Waals surface area contributed by atoms with Crippen molar-refractivity contribution in [3.8, 4) is 11.8 Å². The zero-order valence-corrected chi connectivity index (χ0v) is 49.6. The number of benzene rings is 1. The molecule has 16 aliphatic rings. The van der Waals surface area contributed by atoms with Crippen LogP contribution in [0.2, 0.25) is 0 Å². The third kappa shape index (κ3) is 5.89. The fourth-order valence-corrected chi connectivity index (χ4v) is 26.4. The summed E-state index contributed by atoms with van der Waals surface area (Å²) in [6.45, 7) is 10.4. The maximum absolute atomic E-state index is 17.4. The van der Waals surface area contributed by atoms with E-state index < -0.39 is 92.0 Å². The maximum atomic E-state index is 17.4. The number of rotatable bonds is 9. The van der Waals surface area contributed by atoms with Crippen LogP contribution in [0.1, 0.15) is 140 Å². The molecule has 5 saturated heterocycles. The first-order valence-corrected chi connectivity index (χ1v) is 33.3. The number of furan rings is 1. The number of hydrogen-bond donors (Lipinski definition) is 4. The largest absolute Gasteiger partial charge is 0.469 e. The van der Waals surface area contributed by atoms with Crippen LogP contribution in [-0.2, 0) is 58.2 Å². The van der Waals surface area contributed by atoms with E-state index in [1.165, 1.54) is 11.1 Å². The van der Waals surface area contributed by atoms with E-state index in [4.69, 9.17) is 23.4 Å². The summed E-state index contributed by atoms with van der Waals surface area (Å²) in [5, 5.41) is 41.7. The minimum absolute atomic E-state index is 0.0155. The number of carbonyl (C=O) groups excluding carboxylic acids is 3. The van der Waals surface area contributed by atoms with E-state index in [0.717, 1.165) is 95.0 Å². The van der Waals surface area contributed by atoms with Gasteiger partial charge in [-0.05, 0) is 191 Å². The highest BCUT2D eigenvalue weighted by Gasteiger charge is 3.00. The average Bonchev–Trinajstić information content (AvgIpc) is 1.40. The quantitative estimate of drug-likeness (QED) is 0.0815. The number of esters is 2.